The summed E-state index contributed by atoms with van der Waals surface area (Å²) in [7, 11) is 1.85. The molecule has 2 rings (SSSR count). The Morgan fingerprint density at radius 1 is 1.53 bits per heavy atom. The van der Waals surface area contributed by atoms with Gasteiger partial charge in [0.15, 0.2) is 5.82 Å². The van der Waals surface area contributed by atoms with Crippen molar-refractivity contribution in [2.75, 3.05) is 11.9 Å². The Labute approximate surface area is 121 Å². The number of hydrogen-bond donors (Lipinski definition) is 2. The molecule has 0 saturated carbocycles. The molecule has 0 saturated heterocycles. The average molecular weight is 296 g/mol. The van der Waals surface area contributed by atoms with Gasteiger partial charge in [-0.2, -0.15) is 5.10 Å². The minimum atomic E-state index is 0.300. The number of hydrogen-bond acceptors (Lipinski definition) is 4. The monoisotopic (exact) mass is 295 g/mol. The van der Waals surface area contributed by atoms with Gasteiger partial charge in [-0.25, -0.2) is 4.98 Å². The number of rotatable bonds is 5. The van der Waals surface area contributed by atoms with Crippen molar-refractivity contribution in [3.05, 3.63) is 40.9 Å². The highest BCUT2D eigenvalue weighted by Gasteiger charge is 2.04. The molecule has 7 heteroatoms. The minimum absolute atomic E-state index is 0.300. The van der Waals surface area contributed by atoms with Gasteiger partial charge in [0.05, 0.1) is 5.02 Å². The summed E-state index contributed by atoms with van der Waals surface area (Å²) in [5.41, 5.74) is 7.16. The van der Waals surface area contributed by atoms with E-state index in [4.69, 9.17) is 29.6 Å². The molecule has 5 nitrogen and oxygen atoms in total. The summed E-state index contributed by atoms with van der Waals surface area (Å²) in [5.74, 6) is 0.806. The standard InChI is InChI=1S/C12H14ClN5S/c1-18-7-16-11(17-18)4-5-15-8-2-3-9(12(14)19)10(13)6-8/h2-3,6-7,15H,4-5H2,1H3,(H2,14,19). The van der Waals surface area contributed by atoms with Crippen LogP contribution in [-0.4, -0.2) is 26.3 Å². The molecule has 1 aromatic heterocycles. The number of thiocarbonyl (C=S) groups is 1. The zero-order valence-corrected chi connectivity index (χ0v) is 12.0. The fourth-order valence-corrected chi connectivity index (χ4v) is 2.16. The third kappa shape index (κ3) is 3.65. The topological polar surface area (TPSA) is 68.8 Å². The first-order valence-electron chi connectivity index (χ1n) is 5.74. The van der Waals surface area contributed by atoms with Crippen LogP contribution in [0, 0.1) is 0 Å². The lowest BCUT2D eigenvalue weighted by atomic mass is 10.2. The van der Waals surface area contributed by atoms with E-state index in [1.54, 1.807) is 11.0 Å². The van der Waals surface area contributed by atoms with Crippen molar-refractivity contribution in [1.29, 1.82) is 0 Å². The van der Waals surface area contributed by atoms with Crippen LogP contribution >= 0.6 is 23.8 Å². The van der Waals surface area contributed by atoms with Crippen LogP contribution in [0.3, 0.4) is 0 Å². The molecule has 1 aromatic carbocycles. The summed E-state index contributed by atoms with van der Waals surface area (Å²) in [5, 5.41) is 8.00. The minimum Gasteiger partial charge on any atom is -0.389 e. The van der Waals surface area contributed by atoms with Gasteiger partial charge in [-0.1, -0.05) is 23.8 Å². The van der Waals surface area contributed by atoms with Crippen LogP contribution in [0.15, 0.2) is 24.5 Å². The highest BCUT2D eigenvalue weighted by molar-refractivity contribution is 7.80. The van der Waals surface area contributed by atoms with Crippen molar-refractivity contribution in [3.63, 3.8) is 0 Å². The van der Waals surface area contributed by atoms with E-state index in [9.17, 15) is 0 Å². The van der Waals surface area contributed by atoms with Crippen molar-refractivity contribution in [3.8, 4) is 0 Å². The molecular weight excluding hydrogens is 282 g/mol. The highest BCUT2D eigenvalue weighted by atomic mass is 35.5. The molecule has 2 aromatic rings. The summed E-state index contributed by atoms with van der Waals surface area (Å²) < 4.78 is 1.68. The Balaban J connectivity index is 1.93. The molecule has 0 bridgehead atoms. The van der Waals surface area contributed by atoms with Crippen molar-refractivity contribution < 1.29 is 0 Å². The molecule has 100 valence electrons. The second kappa shape index (κ2) is 5.99. The summed E-state index contributed by atoms with van der Waals surface area (Å²) in [6, 6.07) is 5.51. The Hall–Kier alpha value is -1.66. The van der Waals surface area contributed by atoms with Gasteiger partial charge in [0.25, 0.3) is 0 Å². The van der Waals surface area contributed by atoms with E-state index >= 15 is 0 Å². The average Bonchev–Trinajstić information content (AvgIpc) is 2.75. The van der Waals surface area contributed by atoms with E-state index in [-0.39, 0.29) is 0 Å². The third-order valence-corrected chi connectivity index (χ3v) is 3.09. The highest BCUT2D eigenvalue weighted by Crippen LogP contribution is 2.20. The number of anilines is 1. The molecule has 19 heavy (non-hydrogen) atoms. The van der Waals surface area contributed by atoms with Crippen molar-refractivity contribution >= 4 is 34.5 Å². The number of aromatic nitrogens is 3. The molecule has 0 fully saturated rings. The molecule has 0 aliphatic rings. The molecule has 0 aliphatic carbocycles. The maximum absolute atomic E-state index is 6.09. The summed E-state index contributed by atoms with van der Waals surface area (Å²) in [6.45, 7) is 0.729. The Kier molecular flexibility index (Phi) is 4.34. The van der Waals surface area contributed by atoms with Crippen LogP contribution in [0.4, 0.5) is 5.69 Å². The van der Waals surface area contributed by atoms with Gasteiger partial charge >= 0.3 is 0 Å². The maximum Gasteiger partial charge on any atom is 0.152 e. The Morgan fingerprint density at radius 3 is 2.89 bits per heavy atom. The van der Waals surface area contributed by atoms with Gasteiger partial charge in [0.1, 0.15) is 11.3 Å². The molecule has 0 aliphatic heterocycles. The smallest absolute Gasteiger partial charge is 0.152 e. The second-order valence-corrected chi connectivity index (χ2v) is 4.92. The quantitative estimate of drug-likeness (QED) is 0.823. The maximum atomic E-state index is 6.09. The van der Waals surface area contributed by atoms with Gasteiger partial charge in [-0.3, -0.25) is 4.68 Å². The van der Waals surface area contributed by atoms with Crippen molar-refractivity contribution in [2.45, 2.75) is 6.42 Å². The van der Waals surface area contributed by atoms with Gasteiger partial charge < -0.3 is 11.1 Å². The lowest BCUT2D eigenvalue weighted by Crippen LogP contribution is -2.11. The van der Waals surface area contributed by atoms with E-state index in [1.807, 2.05) is 25.2 Å². The lowest BCUT2D eigenvalue weighted by molar-refractivity contribution is 0.742. The number of nitrogens with two attached hydrogens (primary N) is 1. The first kappa shape index (κ1) is 13.8. The van der Waals surface area contributed by atoms with Crippen LogP contribution in [0.25, 0.3) is 0 Å². The second-order valence-electron chi connectivity index (χ2n) is 4.07. The van der Waals surface area contributed by atoms with E-state index in [0.717, 1.165) is 24.5 Å². The molecule has 0 atom stereocenters. The molecule has 0 amide bonds. The number of halogens is 1. The predicted molar refractivity (Wildman–Crippen MR) is 80.5 cm³/mol. The summed E-state index contributed by atoms with van der Waals surface area (Å²) >= 11 is 11.0. The normalized spacial score (nSPS) is 10.4. The molecule has 0 spiro atoms. The van der Waals surface area contributed by atoms with Gasteiger partial charge in [0, 0.05) is 31.3 Å². The SMILES string of the molecule is Cn1cnc(CCNc2ccc(C(N)=S)c(Cl)c2)n1. The zero-order valence-electron chi connectivity index (χ0n) is 10.4. The van der Waals surface area contributed by atoms with E-state index in [1.165, 1.54) is 0 Å². The van der Waals surface area contributed by atoms with Crippen LogP contribution in [0.2, 0.25) is 5.02 Å². The lowest BCUT2D eigenvalue weighted by Gasteiger charge is -2.08. The van der Waals surface area contributed by atoms with Crippen molar-refractivity contribution in [1.82, 2.24) is 14.8 Å². The van der Waals surface area contributed by atoms with Gasteiger partial charge in [-0.15, -0.1) is 0 Å². The zero-order chi connectivity index (χ0) is 13.8. The van der Waals surface area contributed by atoms with Crippen LogP contribution in [0.1, 0.15) is 11.4 Å². The first-order chi connectivity index (χ1) is 9.06. The van der Waals surface area contributed by atoms with Gasteiger partial charge in [0.2, 0.25) is 0 Å². The van der Waals surface area contributed by atoms with E-state index in [0.29, 0.717) is 15.6 Å². The third-order valence-electron chi connectivity index (χ3n) is 2.56. The molecule has 0 unspecified atom stereocenters. The molecule has 3 N–H and O–H groups in total. The first-order valence-corrected chi connectivity index (χ1v) is 6.52. The van der Waals surface area contributed by atoms with Crippen molar-refractivity contribution in [2.24, 2.45) is 12.8 Å². The molecule has 0 radical (unpaired) electrons. The number of nitrogens with one attached hydrogen (secondary N) is 1. The molecular formula is C12H14ClN5S. The van der Waals surface area contributed by atoms with Crippen LogP contribution < -0.4 is 11.1 Å². The van der Waals surface area contributed by atoms with E-state index in [2.05, 4.69) is 15.4 Å². The van der Waals surface area contributed by atoms with Gasteiger partial charge in [-0.05, 0) is 18.2 Å². The summed E-state index contributed by atoms with van der Waals surface area (Å²) in [4.78, 5) is 4.45. The fourth-order valence-electron chi connectivity index (χ4n) is 1.64. The Morgan fingerprint density at radius 2 is 2.32 bits per heavy atom. The number of benzene rings is 1. The number of aryl methyl sites for hydroxylation is 1. The fraction of sp³-hybridized carbons (Fsp3) is 0.250. The van der Waals surface area contributed by atoms with E-state index < -0.39 is 0 Å². The predicted octanol–water partition coefficient (Wildman–Crippen LogP) is 1.76. The van der Waals surface area contributed by atoms with Crippen LogP contribution in [-0.2, 0) is 13.5 Å². The van der Waals surface area contributed by atoms with Crippen LogP contribution in [0.5, 0.6) is 0 Å². The number of nitrogens with zero attached hydrogens (tertiary/aromatic N) is 3. The molecule has 1 heterocycles. The largest absolute Gasteiger partial charge is 0.389 e. The Bertz CT molecular complexity index is 596. The summed E-state index contributed by atoms with van der Waals surface area (Å²) in [6.07, 6.45) is 2.43.